The summed E-state index contributed by atoms with van der Waals surface area (Å²) in [7, 11) is 1.48. The minimum Gasteiger partial charge on any atom is -0.489 e. The molecule has 0 fully saturated rings. The van der Waals surface area contributed by atoms with Gasteiger partial charge in [0.1, 0.15) is 12.4 Å². The molecule has 0 atom stereocenters. The monoisotopic (exact) mass is 332 g/mol. The third kappa shape index (κ3) is 4.74. The number of hydrogen-bond donors (Lipinski definition) is 0. The number of hydrogen-bond acceptors (Lipinski definition) is 5. The molecule has 0 N–H and O–H groups in total. The lowest BCUT2D eigenvalue weighted by Gasteiger charge is -2.14. The van der Waals surface area contributed by atoms with E-state index in [2.05, 4.69) is 0 Å². The molecule has 2 aromatic carbocycles. The van der Waals surface area contributed by atoms with Gasteiger partial charge in [0.25, 0.3) is 0 Å². The Labute approximate surface area is 140 Å². The fourth-order valence-corrected chi connectivity index (χ4v) is 2.84. The molecule has 23 heavy (non-hydrogen) atoms. The standard InChI is InChI=1S/C18H20O4S/c1-13-9-15(21-11-14-7-5-4-6-8-14)10-16(23-3)17(13)18(19)22-12-20-2/h4-10H,11-12H2,1-3H3. The minimum absolute atomic E-state index is 0.0572. The average molecular weight is 332 g/mol. The second-order valence-corrected chi connectivity index (χ2v) is 5.78. The molecule has 0 radical (unpaired) electrons. The van der Waals surface area contributed by atoms with Crippen molar-refractivity contribution in [3.8, 4) is 5.75 Å². The Morgan fingerprint density at radius 2 is 1.91 bits per heavy atom. The van der Waals surface area contributed by atoms with Gasteiger partial charge < -0.3 is 14.2 Å². The smallest absolute Gasteiger partial charge is 0.341 e. The van der Waals surface area contributed by atoms with Crippen LogP contribution >= 0.6 is 11.8 Å². The number of ether oxygens (including phenoxy) is 3. The highest BCUT2D eigenvalue weighted by Crippen LogP contribution is 2.30. The van der Waals surface area contributed by atoms with Gasteiger partial charge in [-0.1, -0.05) is 30.3 Å². The topological polar surface area (TPSA) is 44.8 Å². The summed E-state index contributed by atoms with van der Waals surface area (Å²) < 4.78 is 15.7. The Morgan fingerprint density at radius 1 is 1.17 bits per heavy atom. The van der Waals surface area contributed by atoms with Crippen molar-refractivity contribution in [3.63, 3.8) is 0 Å². The lowest BCUT2D eigenvalue weighted by molar-refractivity contribution is -0.0128. The summed E-state index contributed by atoms with van der Waals surface area (Å²) in [6, 6.07) is 13.7. The lowest BCUT2D eigenvalue weighted by Crippen LogP contribution is -2.11. The van der Waals surface area contributed by atoms with Gasteiger partial charge in [-0.15, -0.1) is 11.8 Å². The van der Waals surface area contributed by atoms with Gasteiger partial charge in [0.05, 0.1) is 5.56 Å². The van der Waals surface area contributed by atoms with Gasteiger partial charge in [0, 0.05) is 12.0 Å². The second kappa shape index (κ2) is 8.60. The maximum atomic E-state index is 12.1. The highest BCUT2D eigenvalue weighted by molar-refractivity contribution is 7.98. The SMILES string of the molecule is COCOC(=O)c1c(C)cc(OCc2ccccc2)cc1SC. The number of methoxy groups -OCH3 is 1. The highest BCUT2D eigenvalue weighted by Gasteiger charge is 2.17. The molecule has 0 aliphatic rings. The Hall–Kier alpha value is -1.98. The zero-order valence-electron chi connectivity index (χ0n) is 13.5. The fraction of sp³-hybridized carbons (Fsp3) is 0.278. The molecule has 5 heteroatoms. The van der Waals surface area contributed by atoms with Gasteiger partial charge in [-0.25, -0.2) is 4.79 Å². The number of benzene rings is 2. The van der Waals surface area contributed by atoms with Gasteiger partial charge in [0.15, 0.2) is 6.79 Å². The fourth-order valence-electron chi connectivity index (χ4n) is 2.15. The highest BCUT2D eigenvalue weighted by atomic mass is 32.2. The summed E-state index contributed by atoms with van der Waals surface area (Å²) in [4.78, 5) is 13.0. The molecular formula is C18H20O4S. The maximum absolute atomic E-state index is 12.1. The Kier molecular flexibility index (Phi) is 6.50. The lowest BCUT2D eigenvalue weighted by atomic mass is 10.1. The van der Waals surface area contributed by atoms with Gasteiger partial charge in [0.2, 0.25) is 0 Å². The van der Waals surface area contributed by atoms with Crippen LogP contribution in [-0.4, -0.2) is 26.1 Å². The van der Waals surface area contributed by atoms with Crippen molar-refractivity contribution in [2.75, 3.05) is 20.2 Å². The summed E-state index contributed by atoms with van der Waals surface area (Å²) in [6.45, 7) is 2.30. The van der Waals surface area contributed by atoms with E-state index >= 15 is 0 Å². The van der Waals surface area contributed by atoms with Crippen molar-refractivity contribution in [2.24, 2.45) is 0 Å². The minimum atomic E-state index is -0.386. The van der Waals surface area contributed by atoms with Crippen molar-refractivity contribution in [3.05, 3.63) is 59.2 Å². The van der Waals surface area contributed by atoms with E-state index in [9.17, 15) is 4.79 Å². The summed E-state index contributed by atoms with van der Waals surface area (Å²) in [5.74, 6) is 0.349. The molecule has 0 saturated heterocycles. The molecule has 0 aromatic heterocycles. The van der Waals surface area contributed by atoms with Crippen LogP contribution in [0.3, 0.4) is 0 Å². The molecule has 0 aliphatic heterocycles. The van der Waals surface area contributed by atoms with Crippen LogP contribution in [0.15, 0.2) is 47.4 Å². The van der Waals surface area contributed by atoms with E-state index in [1.54, 1.807) is 0 Å². The molecule has 4 nitrogen and oxygen atoms in total. The Morgan fingerprint density at radius 3 is 2.57 bits per heavy atom. The summed E-state index contributed by atoms with van der Waals surface area (Å²) in [5, 5.41) is 0. The van der Waals surface area contributed by atoms with E-state index in [4.69, 9.17) is 14.2 Å². The van der Waals surface area contributed by atoms with Gasteiger partial charge >= 0.3 is 5.97 Å². The van der Waals surface area contributed by atoms with Crippen molar-refractivity contribution >= 4 is 17.7 Å². The van der Waals surface area contributed by atoms with Crippen LogP contribution in [0.25, 0.3) is 0 Å². The summed E-state index contributed by atoms with van der Waals surface area (Å²) in [6.07, 6.45) is 1.92. The van der Waals surface area contributed by atoms with Crippen molar-refractivity contribution < 1.29 is 19.0 Å². The molecule has 0 unspecified atom stereocenters. The number of carbonyl (C=O) groups is 1. The van der Waals surface area contributed by atoms with Crippen LogP contribution < -0.4 is 4.74 Å². The van der Waals surface area contributed by atoms with Crippen LogP contribution in [-0.2, 0) is 16.1 Å². The third-order valence-corrected chi connectivity index (χ3v) is 4.01. The zero-order valence-corrected chi connectivity index (χ0v) is 14.3. The third-order valence-electron chi connectivity index (χ3n) is 3.25. The summed E-state index contributed by atoms with van der Waals surface area (Å²) >= 11 is 1.49. The molecule has 2 rings (SSSR count). The molecule has 0 heterocycles. The quantitative estimate of drug-likeness (QED) is 0.435. The molecule has 0 saturated carbocycles. The van der Waals surface area contributed by atoms with Gasteiger partial charge in [-0.05, 0) is 36.4 Å². The van der Waals surface area contributed by atoms with E-state index in [1.807, 2.05) is 55.6 Å². The van der Waals surface area contributed by atoms with Gasteiger partial charge in [-0.3, -0.25) is 0 Å². The van der Waals surface area contributed by atoms with E-state index < -0.39 is 0 Å². The first-order chi connectivity index (χ1) is 11.2. The average Bonchev–Trinajstić information content (AvgIpc) is 2.58. The number of aryl methyl sites for hydroxylation is 1. The molecule has 2 aromatic rings. The molecule has 122 valence electrons. The Bertz CT molecular complexity index is 656. The van der Waals surface area contributed by atoms with Crippen LogP contribution in [0.4, 0.5) is 0 Å². The number of thioether (sulfide) groups is 1. The van der Waals surface area contributed by atoms with E-state index in [0.717, 1.165) is 21.8 Å². The van der Waals surface area contributed by atoms with Crippen molar-refractivity contribution in [1.29, 1.82) is 0 Å². The van der Waals surface area contributed by atoms with Crippen LogP contribution in [0, 0.1) is 6.92 Å². The van der Waals surface area contributed by atoms with Gasteiger partial charge in [-0.2, -0.15) is 0 Å². The van der Waals surface area contributed by atoms with Crippen molar-refractivity contribution in [1.82, 2.24) is 0 Å². The predicted molar refractivity (Wildman–Crippen MR) is 91.0 cm³/mol. The van der Waals surface area contributed by atoms with Crippen LogP contribution in [0.1, 0.15) is 21.5 Å². The first-order valence-corrected chi connectivity index (χ1v) is 8.39. The maximum Gasteiger partial charge on any atom is 0.341 e. The first kappa shape index (κ1) is 17.4. The molecule has 0 aliphatic carbocycles. The zero-order chi connectivity index (χ0) is 16.7. The predicted octanol–water partition coefficient (Wildman–Crippen LogP) is 4.06. The molecule has 0 spiro atoms. The largest absolute Gasteiger partial charge is 0.489 e. The second-order valence-electron chi connectivity index (χ2n) is 4.93. The molecular weight excluding hydrogens is 312 g/mol. The van der Waals surface area contributed by atoms with E-state index in [1.165, 1.54) is 18.9 Å². The van der Waals surface area contributed by atoms with E-state index in [0.29, 0.717) is 12.2 Å². The number of esters is 1. The van der Waals surface area contributed by atoms with Crippen LogP contribution in [0.2, 0.25) is 0 Å². The Balaban J connectivity index is 2.17. The van der Waals surface area contributed by atoms with Crippen LogP contribution in [0.5, 0.6) is 5.75 Å². The van der Waals surface area contributed by atoms with E-state index in [-0.39, 0.29) is 12.8 Å². The number of carbonyl (C=O) groups excluding carboxylic acids is 1. The summed E-state index contributed by atoms with van der Waals surface area (Å²) in [5.41, 5.74) is 2.47. The molecule has 0 bridgehead atoms. The van der Waals surface area contributed by atoms with Crippen molar-refractivity contribution in [2.45, 2.75) is 18.4 Å². The number of rotatable bonds is 7. The normalized spacial score (nSPS) is 10.4. The molecule has 0 amide bonds. The first-order valence-electron chi connectivity index (χ1n) is 7.17.